The molecule has 0 saturated heterocycles. The second-order valence-corrected chi connectivity index (χ2v) is 6.54. The zero-order valence-electron chi connectivity index (χ0n) is 11.7. The summed E-state index contributed by atoms with van der Waals surface area (Å²) in [7, 11) is 0. The number of carbonyl (C=O) groups excluding carboxylic acids is 2. The van der Waals surface area contributed by atoms with Crippen LogP contribution in [-0.4, -0.2) is 40.5 Å². The molecule has 0 aromatic carbocycles. The summed E-state index contributed by atoms with van der Waals surface area (Å²) >= 11 is 1.51. The van der Waals surface area contributed by atoms with Crippen molar-refractivity contribution < 1.29 is 19.1 Å². The summed E-state index contributed by atoms with van der Waals surface area (Å²) in [5.74, 6) is -0.991. The third-order valence-electron chi connectivity index (χ3n) is 3.60. The zero-order chi connectivity index (χ0) is 14.3. The summed E-state index contributed by atoms with van der Waals surface area (Å²) in [6.45, 7) is 8.00. The second-order valence-electron chi connectivity index (χ2n) is 5.01. The van der Waals surface area contributed by atoms with Crippen LogP contribution in [0.15, 0.2) is 4.99 Å². The molecule has 0 aromatic rings. The Kier molecular flexibility index (Phi) is 3.64. The normalized spacial score (nSPS) is 33.2. The van der Waals surface area contributed by atoms with E-state index in [0.717, 1.165) is 0 Å². The van der Waals surface area contributed by atoms with Crippen molar-refractivity contribution in [3.05, 3.63) is 0 Å². The summed E-state index contributed by atoms with van der Waals surface area (Å²) in [5, 5.41) is 0.681. The number of hydrogen-bond donors (Lipinski definition) is 0. The fourth-order valence-corrected chi connectivity index (χ4v) is 3.82. The number of aliphatic imine (C=N–C) groups is 1. The van der Waals surface area contributed by atoms with Gasteiger partial charge in [0.05, 0.1) is 23.0 Å². The van der Waals surface area contributed by atoms with Gasteiger partial charge < -0.3 is 9.47 Å². The topological polar surface area (TPSA) is 65.0 Å². The molecule has 1 aliphatic heterocycles. The van der Waals surface area contributed by atoms with Gasteiger partial charge in [-0.25, -0.2) is 4.79 Å². The largest absolute Gasteiger partial charge is 0.465 e. The number of ether oxygens (including phenoxy) is 2. The van der Waals surface area contributed by atoms with E-state index in [1.54, 1.807) is 20.8 Å². The molecule has 1 saturated carbocycles. The standard InChI is InChI=1S/C13H19NO4S/c1-5-17-10(15)8(3)9-14-13(11(16)18-6-2)7-12(13,4)19-9/h8H,5-7H2,1-4H3/t8-,12+,13+/m1/s1. The second kappa shape index (κ2) is 4.81. The summed E-state index contributed by atoms with van der Waals surface area (Å²) in [6, 6.07) is 0. The summed E-state index contributed by atoms with van der Waals surface area (Å²) in [4.78, 5) is 28.2. The molecule has 19 heavy (non-hydrogen) atoms. The van der Waals surface area contributed by atoms with Crippen LogP contribution in [0.5, 0.6) is 0 Å². The third-order valence-corrected chi connectivity index (χ3v) is 5.18. The first-order valence-corrected chi connectivity index (χ1v) is 7.34. The van der Waals surface area contributed by atoms with Gasteiger partial charge in [0.25, 0.3) is 0 Å². The Labute approximate surface area is 117 Å². The molecule has 0 amide bonds. The minimum absolute atomic E-state index is 0.255. The van der Waals surface area contributed by atoms with Gasteiger partial charge in [0.1, 0.15) is 5.92 Å². The van der Waals surface area contributed by atoms with Crippen LogP contribution < -0.4 is 0 Å². The van der Waals surface area contributed by atoms with Crippen LogP contribution in [0.4, 0.5) is 0 Å². The molecular formula is C13H19NO4S. The van der Waals surface area contributed by atoms with E-state index in [-0.39, 0.29) is 16.7 Å². The van der Waals surface area contributed by atoms with Gasteiger partial charge >= 0.3 is 11.9 Å². The zero-order valence-corrected chi connectivity index (χ0v) is 12.5. The van der Waals surface area contributed by atoms with Crippen molar-refractivity contribution in [1.29, 1.82) is 0 Å². The smallest absolute Gasteiger partial charge is 0.335 e. The van der Waals surface area contributed by atoms with Gasteiger partial charge in [-0.1, -0.05) is 0 Å². The Morgan fingerprint density at radius 2 is 2.00 bits per heavy atom. The predicted molar refractivity (Wildman–Crippen MR) is 73.2 cm³/mol. The minimum Gasteiger partial charge on any atom is -0.465 e. The van der Waals surface area contributed by atoms with Crippen LogP contribution in [0.2, 0.25) is 0 Å². The first kappa shape index (κ1) is 14.4. The van der Waals surface area contributed by atoms with Crippen molar-refractivity contribution in [1.82, 2.24) is 0 Å². The molecular weight excluding hydrogens is 266 g/mol. The minimum atomic E-state index is -0.774. The van der Waals surface area contributed by atoms with Crippen LogP contribution in [0.25, 0.3) is 0 Å². The highest BCUT2D eigenvalue weighted by Crippen LogP contribution is 2.65. The highest BCUT2D eigenvalue weighted by molar-refractivity contribution is 8.15. The number of nitrogens with zero attached hydrogens (tertiary/aromatic N) is 1. The SMILES string of the molecule is CCOC(=O)[C@H](C)C1=N[C@]2(C(=O)OCC)C[C@]2(C)S1. The molecule has 0 N–H and O–H groups in total. The molecule has 2 rings (SSSR count). The molecule has 0 radical (unpaired) electrons. The molecule has 5 nitrogen and oxygen atoms in total. The van der Waals surface area contributed by atoms with Crippen molar-refractivity contribution in [3.63, 3.8) is 0 Å². The fourth-order valence-electron chi connectivity index (χ4n) is 2.30. The molecule has 0 aromatic heterocycles. The summed E-state index contributed by atoms with van der Waals surface area (Å²) in [6.07, 6.45) is 0.683. The molecule has 0 spiro atoms. The van der Waals surface area contributed by atoms with Crippen LogP contribution >= 0.6 is 11.8 Å². The highest BCUT2D eigenvalue weighted by atomic mass is 32.2. The van der Waals surface area contributed by atoms with Gasteiger partial charge in [-0.2, -0.15) is 0 Å². The van der Waals surface area contributed by atoms with Crippen molar-refractivity contribution in [3.8, 4) is 0 Å². The predicted octanol–water partition coefficient (Wildman–Crippen LogP) is 1.80. The van der Waals surface area contributed by atoms with Crippen LogP contribution in [0, 0.1) is 5.92 Å². The Morgan fingerprint density at radius 3 is 2.58 bits per heavy atom. The number of hydrogen-bond acceptors (Lipinski definition) is 6. The number of carbonyl (C=O) groups is 2. The van der Waals surface area contributed by atoms with E-state index in [1.165, 1.54) is 11.8 Å². The Balaban J connectivity index is 2.14. The van der Waals surface area contributed by atoms with E-state index in [4.69, 9.17) is 9.47 Å². The molecule has 1 aliphatic carbocycles. The molecule has 3 atom stereocenters. The molecule has 6 heteroatoms. The van der Waals surface area contributed by atoms with E-state index in [9.17, 15) is 9.59 Å². The third kappa shape index (κ3) is 2.16. The number of rotatable bonds is 5. The van der Waals surface area contributed by atoms with Gasteiger partial charge in [-0.3, -0.25) is 9.79 Å². The van der Waals surface area contributed by atoms with Gasteiger partial charge in [-0.05, 0) is 27.7 Å². The Morgan fingerprint density at radius 1 is 1.37 bits per heavy atom. The van der Waals surface area contributed by atoms with E-state index in [1.807, 2.05) is 6.92 Å². The number of fused-ring (bicyclic) bond motifs is 1. The lowest BCUT2D eigenvalue weighted by molar-refractivity contribution is -0.146. The maximum absolute atomic E-state index is 12.0. The lowest BCUT2D eigenvalue weighted by Gasteiger charge is -2.11. The van der Waals surface area contributed by atoms with Gasteiger partial charge in [0.2, 0.25) is 0 Å². The average molecular weight is 285 g/mol. The number of esters is 2. The van der Waals surface area contributed by atoms with Gasteiger partial charge in [-0.15, -0.1) is 11.8 Å². The van der Waals surface area contributed by atoms with E-state index < -0.39 is 11.5 Å². The summed E-state index contributed by atoms with van der Waals surface area (Å²) in [5.41, 5.74) is -0.774. The van der Waals surface area contributed by atoms with Crippen LogP contribution in [-0.2, 0) is 19.1 Å². The first-order chi connectivity index (χ1) is 8.90. The maximum atomic E-state index is 12.0. The fraction of sp³-hybridized carbons (Fsp3) is 0.769. The van der Waals surface area contributed by atoms with E-state index in [0.29, 0.717) is 24.7 Å². The quantitative estimate of drug-likeness (QED) is 0.721. The van der Waals surface area contributed by atoms with Crippen molar-refractivity contribution in [2.75, 3.05) is 13.2 Å². The van der Waals surface area contributed by atoms with E-state index in [2.05, 4.69) is 4.99 Å². The maximum Gasteiger partial charge on any atom is 0.335 e. The molecule has 1 heterocycles. The average Bonchev–Trinajstić information content (AvgIpc) is 2.83. The van der Waals surface area contributed by atoms with Crippen molar-refractivity contribution in [2.45, 2.75) is 44.4 Å². The lowest BCUT2D eigenvalue weighted by Crippen LogP contribution is -2.28. The van der Waals surface area contributed by atoms with E-state index >= 15 is 0 Å². The molecule has 2 aliphatic rings. The monoisotopic (exact) mass is 285 g/mol. The number of thioether (sulfide) groups is 1. The van der Waals surface area contributed by atoms with Crippen LogP contribution in [0.3, 0.4) is 0 Å². The van der Waals surface area contributed by atoms with Crippen molar-refractivity contribution >= 4 is 28.7 Å². The lowest BCUT2D eigenvalue weighted by atomic mass is 10.2. The molecule has 0 unspecified atom stereocenters. The Bertz CT molecular complexity index is 450. The molecule has 1 fully saturated rings. The van der Waals surface area contributed by atoms with Crippen molar-refractivity contribution in [2.24, 2.45) is 10.9 Å². The van der Waals surface area contributed by atoms with Gasteiger partial charge in [0.15, 0.2) is 5.54 Å². The van der Waals surface area contributed by atoms with Crippen LogP contribution in [0.1, 0.15) is 34.1 Å². The molecule has 106 valence electrons. The molecule has 0 bridgehead atoms. The first-order valence-electron chi connectivity index (χ1n) is 6.53. The highest BCUT2D eigenvalue weighted by Gasteiger charge is 2.75. The summed E-state index contributed by atoms with van der Waals surface area (Å²) < 4.78 is 9.83. The van der Waals surface area contributed by atoms with Gasteiger partial charge in [0, 0.05) is 6.42 Å². The Hall–Kier alpha value is -1.04.